The molecule has 0 saturated heterocycles. The summed E-state index contributed by atoms with van der Waals surface area (Å²) in [5, 5.41) is 0. The van der Waals surface area contributed by atoms with Gasteiger partial charge in [-0.3, -0.25) is 0 Å². The van der Waals surface area contributed by atoms with Crippen LogP contribution in [0.5, 0.6) is 0 Å². The van der Waals surface area contributed by atoms with Crippen molar-refractivity contribution >= 4 is 16.1 Å². The summed E-state index contributed by atoms with van der Waals surface area (Å²) in [5.41, 5.74) is 1.70. The van der Waals surface area contributed by atoms with Gasteiger partial charge in [0.25, 0.3) is 10.0 Å². The first-order chi connectivity index (χ1) is 8.36. The molecule has 1 amide bonds. The van der Waals surface area contributed by atoms with Gasteiger partial charge in [-0.15, -0.1) is 4.83 Å². The van der Waals surface area contributed by atoms with E-state index in [1.54, 1.807) is 10.3 Å². The summed E-state index contributed by atoms with van der Waals surface area (Å²) in [5.74, 6) is -2.18. The molecule has 0 atom stereocenters. The molecular weight excluding hydrogens is 270 g/mol. The predicted octanol–water partition coefficient (Wildman–Crippen LogP) is 0.904. The summed E-state index contributed by atoms with van der Waals surface area (Å²) < 4.78 is 53.3. The van der Waals surface area contributed by atoms with Gasteiger partial charge in [-0.05, 0) is 19.1 Å². The lowest BCUT2D eigenvalue weighted by atomic mass is 10.3. The molecule has 0 aliphatic rings. The van der Waals surface area contributed by atoms with E-state index in [-0.39, 0.29) is 6.61 Å². The lowest BCUT2D eigenvalue weighted by Crippen LogP contribution is -2.42. The van der Waals surface area contributed by atoms with E-state index in [2.05, 4.69) is 4.74 Å². The van der Waals surface area contributed by atoms with Crippen LogP contribution in [0.2, 0.25) is 0 Å². The van der Waals surface area contributed by atoms with Crippen LogP contribution >= 0.6 is 0 Å². The number of carbonyl (C=O) groups is 1. The van der Waals surface area contributed by atoms with Crippen molar-refractivity contribution in [1.29, 1.82) is 0 Å². The third-order valence-electron chi connectivity index (χ3n) is 1.75. The molecule has 0 radical (unpaired) electrons. The SMILES string of the molecule is CCOC(=O)NNS(=O)(=O)c1ccc(F)cc1F. The number of hydrogen-bond donors (Lipinski definition) is 2. The first-order valence-electron chi connectivity index (χ1n) is 4.76. The number of hydrazine groups is 1. The second-order valence-electron chi connectivity index (χ2n) is 3.03. The zero-order valence-electron chi connectivity index (χ0n) is 9.24. The molecule has 100 valence electrons. The van der Waals surface area contributed by atoms with Crippen LogP contribution in [0, 0.1) is 11.6 Å². The Labute approximate surface area is 102 Å². The minimum atomic E-state index is -4.32. The Hall–Kier alpha value is -1.74. The van der Waals surface area contributed by atoms with Crippen LogP contribution < -0.4 is 10.3 Å². The third-order valence-corrected chi connectivity index (χ3v) is 3.03. The molecule has 0 bridgehead atoms. The number of carbonyl (C=O) groups excluding carboxylic acids is 1. The molecule has 6 nitrogen and oxygen atoms in total. The standard InChI is InChI=1S/C9H10F2N2O4S/c1-2-17-9(14)12-13-18(15,16)8-4-3-6(10)5-7(8)11/h3-5,13H,2H2,1H3,(H,12,14). The highest BCUT2D eigenvalue weighted by Crippen LogP contribution is 2.14. The largest absolute Gasteiger partial charge is 0.449 e. The molecular formula is C9H10F2N2O4S. The minimum Gasteiger partial charge on any atom is -0.449 e. The van der Waals surface area contributed by atoms with Crippen molar-refractivity contribution in [3.63, 3.8) is 0 Å². The van der Waals surface area contributed by atoms with Crippen LogP contribution in [0.3, 0.4) is 0 Å². The average molecular weight is 280 g/mol. The lowest BCUT2D eigenvalue weighted by molar-refractivity contribution is 0.150. The van der Waals surface area contributed by atoms with Crippen LogP contribution in [0.15, 0.2) is 23.1 Å². The van der Waals surface area contributed by atoms with Crippen LogP contribution in [0.25, 0.3) is 0 Å². The topological polar surface area (TPSA) is 84.5 Å². The molecule has 0 unspecified atom stereocenters. The fourth-order valence-corrected chi connectivity index (χ4v) is 1.91. The Balaban J connectivity index is 2.83. The minimum absolute atomic E-state index is 0.0401. The van der Waals surface area contributed by atoms with Crippen LogP contribution in [0.1, 0.15) is 6.92 Å². The summed E-state index contributed by atoms with van der Waals surface area (Å²) in [6, 6.07) is 1.93. The molecule has 0 spiro atoms. The van der Waals surface area contributed by atoms with Crippen molar-refractivity contribution in [3.8, 4) is 0 Å². The number of ether oxygens (including phenoxy) is 1. The summed E-state index contributed by atoms with van der Waals surface area (Å²) in [6.45, 7) is 1.56. The van der Waals surface area contributed by atoms with Gasteiger partial charge in [0.2, 0.25) is 0 Å². The first kappa shape index (κ1) is 14.3. The number of benzene rings is 1. The Kier molecular flexibility index (Phi) is 4.56. The molecule has 0 saturated carbocycles. The number of rotatable bonds is 4. The van der Waals surface area contributed by atoms with Gasteiger partial charge in [0.1, 0.15) is 16.5 Å². The van der Waals surface area contributed by atoms with E-state index in [1.165, 1.54) is 6.92 Å². The summed E-state index contributed by atoms with van der Waals surface area (Å²) in [4.78, 5) is 11.7. The summed E-state index contributed by atoms with van der Waals surface area (Å²) in [7, 11) is -4.32. The van der Waals surface area contributed by atoms with Gasteiger partial charge >= 0.3 is 6.09 Å². The van der Waals surface area contributed by atoms with Crippen LogP contribution in [-0.2, 0) is 14.8 Å². The van der Waals surface area contributed by atoms with Gasteiger partial charge in [-0.2, -0.15) is 0 Å². The smallest absolute Gasteiger partial charge is 0.422 e. The number of hydrogen-bond acceptors (Lipinski definition) is 4. The molecule has 0 aromatic heterocycles. The van der Waals surface area contributed by atoms with Crippen molar-refractivity contribution in [2.24, 2.45) is 0 Å². The van der Waals surface area contributed by atoms with E-state index >= 15 is 0 Å². The van der Waals surface area contributed by atoms with Gasteiger partial charge in [-0.1, -0.05) is 0 Å². The number of amides is 1. The summed E-state index contributed by atoms with van der Waals surface area (Å²) >= 11 is 0. The van der Waals surface area contributed by atoms with E-state index in [0.29, 0.717) is 6.07 Å². The quantitative estimate of drug-likeness (QED) is 0.803. The Morgan fingerprint density at radius 2 is 2.06 bits per heavy atom. The first-order valence-corrected chi connectivity index (χ1v) is 6.24. The molecule has 0 heterocycles. The Bertz CT molecular complexity index is 547. The maximum Gasteiger partial charge on any atom is 0.422 e. The monoisotopic (exact) mass is 280 g/mol. The van der Waals surface area contributed by atoms with Crippen molar-refractivity contribution in [2.75, 3.05) is 6.61 Å². The lowest BCUT2D eigenvalue weighted by Gasteiger charge is -2.08. The highest BCUT2D eigenvalue weighted by molar-refractivity contribution is 7.89. The van der Waals surface area contributed by atoms with E-state index < -0.39 is 32.6 Å². The van der Waals surface area contributed by atoms with Gasteiger partial charge < -0.3 is 4.74 Å². The van der Waals surface area contributed by atoms with Gasteiger partial charge in [0, 0.05) is 6.07 Å². The third kappa shape index (κ3) is 3.64. The van der Waals surface area contributed by atoms with Crippen LogP contribution in [0.4, 0.5) is 13.6 Å². The maximum atomic E-state index is 13.2. The second-order valence-corrected chi connectivity index (χ2v) is 4.68. The zero-order valence-corrected chi connectivity index (χ0v) is 10.1. The van der Waals surface area contributed by atoms with Gasteiger partial charge in [-0.25, -0.2) is 27.4 Å². The molecule has 9 heteroatoms. The second kappa shape index (κ2) is 5.74. The van der Waals surface area contributed by atoms with E-state index in [4.69, 9.17) is 0 Å². The Morgan fingerprint density at radius 1 is 1.39 bits per heavy atom. The van der Waals surface area contributed by atoms with Crippen molar-refractivity contribution < 1.29 is 26.7 Å². The maximum absolute atomic E-state index is 13.2. The summed E-state index contributed by atoms with van der Waals surface area (Å²) in [6.07, 6.45) is -1.04. The highest BCUT2D eigenvalue weighted by Gasteiger charge is 2.20. The van der Waals surface area contributed by atoms with E-state index in [1.807, 2.05) is 0 Å². The molecule has 1 aromatic rings. The van der Waals surface area contributed by atoms with Crippen molar-refractivity contribution in [2.45, 2.75) is 11.8 Å². The van der Waals surface area contributed by atoms with Crippen LogP contribution in [-0.4, -0.2) is 21.1 Å². The number of nitrogens with one attached hydrogen (secondary N) is 2. The molecule has 1 rings (SSSR count). The molecule has 0 fully saturated rings. The number of halogens is 2. The predicted molar refractivity (Wildman–Crippen MR) is 56.8 cm³/mol. The molecule has 2 N–H and O–H groups in total. The number of sulfonamides is 1. The fourth-order valence-electron chi connectivity index (χ4n) is 1.02. The highest BCUT2D eigenvalue weighted by atomic mass is 32.2. The molecule has 0 aliphatic carbocycles. The molecule has 0 aliphatic heterocycles. The average Bonchev–Trinajstić information content (AvgIpc) is 2.26. The van der Waals surface area contributed by atoms with Crippen molar-refractivity contribution in [1.82, 2.24) is 10.3 Å². The van der Waals surface area contributed by atoms with Gasteiger partial charge in [0.05, 0.1) is 6.61 Å². The Morgan fingerprint density at radius 3 is 2.61 bits per heavy atom. The van der Waals surface area contributed by atoms with Crippen molar-refractivity contribution in [3.05, 3.63) is 29.8 Å². The fraction of sp³-hybridized carbons (Fsp3) is 0.222. The van der Waals surface area contributed by atoms with Gasteiger partial charge in [0.15, 0.2) is 0 Å². The zero-order chi connectivity index (χ0) is 13.8. The van der Waals surface area contributed by atoms with E-state index in [9.17, 15) is 22.0 Å². The normalized spacial score (nSPS) is 11.1. The molecule has 1 aromatic carbocycles. The molecule has 18 heavy (non-hydrogen) atoms. The van der Waals surface area contributed by atoms with E-state index in [0.717, 1.165) is 12.1 Å².